The second-order valence-electron chi connectivity index (χ2n) is 6.23. The van der Waals surface area contributed by atoms with Gasteiger partial charge in [-0.3, -0.25) is 4.72 Å². The fraction of sp³-hybridized carbons (Fsp3) is 0.438. The zero-order chi connectivity index (χ0) is 17.9. The van der Waals surface area contributed by atoms with E-state index >= 15 is 0 Å². The number of carbonyl (C=O) groups excluding carboxylic acids is 1. The fourth-order valence-electron chi connectivity index (χ4n) is 2.85. The molecule has 1 aliphatic carbocycles. The number of nitrogens with one attached hydrogen (secondary N) is 2. The third-order valence-corrected chi connectivity index (χ3v) is 5.62. The minimum Gasteiger partial charge on any atom is -0.333 e. The number of hydrogen-bond donors (Lipinski definition) is 2. The van der Waals surface area contributed by atoms with Crippen molar-refractivity contribution in [2.24, 2.45) is 0 Å². The van der Waals surface area contributed by atoms with E-state index in [0.29, 0.717) is 0 Å². The molecule has 0 bridgehead atoms. The Morgan fingerprint density at radius 1 is 1.16 bits per heavy atom. The number of benzene rings is 1. The van der Waals surface area contributed by atoms with Gasteiger partial charge in [0, 0.05) is 6.04 Å². The Kier molecular flexibility index (Phi) is 5.03. The highest BCUT2D eigenvalue weighted by Crippen LogP contribution is 2.18. The van der Waals surface area contributed by atoms with Crippen LogP contribution in [0.15, 0.2) is 35.4 Å². The molecule has 1 fully saturated rings. The van der Waals surface area contributed by atoms with Crippen molar-refractivity contribution in [2.45, 2.75) is 50.0 Å². The predicted molar refractivity (Wildman–Crippen MR) is 92.8 cm³/mol. The third-order valence-electron chi connectivity index (χ3n) is 4.24. The SMILES string of the molecule is Cc1ccc(S(=O)(=O)Nc2cnnn2C(=O)NC2CCCCC2)cc1. The number of amides is 1. The molecule has 1 aromatic carbocycles. The molecule has 1 saturated carbocycles. The van der Waals surface area contributed by atoms with Crippen LogP contribution in [0.25, 0.3) is 0 Å². The molecule has 0 saturated heterocycles. The van der Waals surface area contributed by atoms with E-state index in [9.17, 15) is 13.2 Å². The first-order valence-electron chi connectivity index (χ1n) is 8.27. The molecule has 0 spiro atoms. The van der Waals surface area contributed by atoms with Crippen LogP contribution in [-0.2, 0) is 10.0 Å². The summed E-state index contributed by atoms with van der Waals surface area (Å²) < 4.78 is 28.2. The predicted octanol–water partition coefficient (Wildman–Crippen LogP) is 2.28. The maximum atomic E-state index is 12.5. The quantitative estimate of drug-likeness (QED) is 0.867. The first kappa shape index (κ1) is 17.4. The summed E-state index contributed by atoms with van der Waals surface area (Å²) in [6.45, 7) is 1.87. The van der Waals surface area contributed by atoms with Crippen molar-refractivity contribution in [3.63, 3.8) is 0 Å². The van der Waals surface area contributed by atoms with Crippen molar-refractivity contribution in [3.8, 4) is 0 Å². The first-order valence-corrected chi connectivity index (χ1v) is 9.75. The van der Waals surface area contributed by atoms with Crippen molar-refractivity contribution in [2.75, 3.05) is 4.72 Å². The lowest BCUT2D eigenvalue weighted by Crippen LogP contribution is -2.39. The molecule has 2 N–H and O–H groups in total. The molecule has 1 amide bonds. The van der Waals surface area contributed by atoms with Crippen LogP contribution < -0.4 is 10.0 Å². The molecule has 1 aliphatic rings. The standard InChI is InChI=1S/C16H21N5O3S/c1-12-7-9-14(10-8-12)25(23,24)19-15-11-17-20-21(15)16(22)18-13-5-3-2-4-6-13/h7-11,13,19H,2-6H2,1H3,(H,18,22). The highest BCUT2D eigenvalue weighted by Gasteiger charge is 2.22. The minimum atomic E-state index is -3.82. The molecule has 2 aromatic rings. The molecule has 8 nitrogen and oxygen atoms in total. The number of nitrogens with zero attached hydrogens (tertiary/aromatic N) is 3. The molecule has 0 aliphatic heterocycles. The van der Waals surface area contributed by atoms with Gasteiger partial charge in [0.05, 0.1) is 11.1 Å². The molecule has 3 rings (SSSR count). The summed E-state index contributed by atoms with van der Waals surface area (Å²) in [7, 11) is -3.82. The van der Waals surface area contributed by atoms with Crippen molar-refractivity contribution < 1.29 is 13.2 Å². The molecular formula is C16H21N5O3S. The summed E-state index contributed by atoms with van der Waals surface area (Å²) in [6.07, 6.45) is 6.39. The maximum absolute atomic E-state index is 12.5. The van der Waals surface area contributed by atoms with Crippen molar-refractivity contribution in [1.82, 2.24) is 20.3 Å². The number of rotatable bonds is 4. The third kappa shape index (κ3) is 4.16. The van der Waals surface area contributed by atoms with Gasteiger partial charge in [-0.1, -0.05) is 42.2 Å². The van der Waals surface area contributed by atoms with Crippen LogP contribution in [0.3, 0.4) is 0 Å². The maximum Gasteiger partial charge on any atom is 0.345 e. The lowest BCUT2D eigenvalue weighted by Gasteiger charge is -2.22. The number of hydrogen-bond acceptors (Lipinski definition) is 5. The summed E-state index contributed by atoms with van der Waals surface area (Å²) in [4.78, 5) is 12.5. The van der Waals surface area contributed by atoms with Crippen LogP contribution in [0.2, 0.25) is 0 Å². The molecule has 25 heavy (non-hydrogen) atoms. The van der Waals surface area contributed by atoms with Gasteiger partial charge in [0.1, 0.15) is 0 Å². The molecular weight excluding hydrogens is 342 g/mol. The fourth-order valence-corrected chi connectivity index (χ4v) is 3.88. The molecule has 0 unspecified atom stereocenters. The molecule has 0 radical (unpaired) electrons. The van der Waals surface area contributed by atoms with E-state index < -0.39 is 16.1 Å². The summed E-state index contributed by atoms with van der Waals surface area (Å²) in [5, 5.41) is 10.2. The molecule has 0 atom stereocenters. The van der Waals surface area contributed by atoms with E-state index in [1.807, 2.05) is 6.92 Å². The number of anilines is 1. The zero-order valence-corrected chi connectivity index (χ0v) is 14.8. The van der Waals surface area contributed by atoms with Crippen LogP contribution in [0.1, 0.15) is 37.7 Å². The smallest absolute Gasteiger partial charge is 0.333 e. The molecule has 134 valence electrons. The lowest BCUT2D eigenvalue weighted by molar-refractivity contribution is 0.231. The summed E-state index contributed by atoms with van der Waals surface area (Å²) in [5.74, 6) is 0.00823. The van der Waals surface area contributed by atoms with E-state index in [4.69, 9.17) is 0 Å². The van der Waals surface area contributed by atoms with Crippen LogP contribution >= 0.6 is 0 Å². The van der Waals surface area contributed by atoms with Gasteiger partial charge in [-0.05, 0) is 31.9 Å². The van der Waals surface area contributed by atoms with E-state index in [0.717, 1.165) is 35.9 Å². The van der Waals surface area contributed by atoms with E-state index in [-0.39, 0.29) is 16.8 Å². The van der Waals surface area contributed by atoms with Crippen LogP contribution in [0, 0.1) is 6.92 Å². The van der Waals surface area contributed by atoms with E-state index in [2.05, 4.69) is 20.4 Å². The zero-order valence-electron chi connectivity index (χ0n) is 14.0. The average molecular weight is 363 g/mol. The van der Waals surface area contributed by atoms with Gasteiger partial charge >= 0.3 is 6.03 Å². The Balaban J connectivity index is 1.74. The van der Waals surface area contributed by atoms with Crippen molar-refractivity contribution in [1.29, 1.82) is 0 Å². The molecule has 1 heterocycles. The van der Waals surface area contributed by atoms with Gasteiger partial charge in [-0.25, -0.2) is 13.2 Å². The Morgan fingerprint density at radius 2 is 1.84 bits per heavy atom. The second-order valence-corrected chi connectivity index (χ2v) is 7.92. The molecule has 9 heteroatoms. The average Bonchev–Trinajstić information content (AvgIpc) is 3.03. The normalized spacial score (nSPS) is 15.7. The van der Waals surface area contributed by atoms with E-state index in [1.54, 1.807) is 12.1 Å². The van der Waals surface area contributed by atoms with Gasteiger partial charge in [0.25, 0.3) is 10.0 Å². The van der Waals surface area contributed by atoms with Crippen LogP contribution in [0.4, 0.5) is 10.6 Å². The summed E-state index contributed by atoms with van der Waals surface area (Å²) >= 11 is 0. The monoisotopic (exact) mass is 363 g/mol. The van der Waals surface area contributed by atoms with Gasteiger partial charge in [-0.2, -0.15) is 0 Å². The Hall–Kier alpha value is -2.42. The number of sulfonamides is 1. The number of aryl methyl sites for hydroxylation is 1. The van der Waals surface area contributed by atoms with Gasteiger partial charge < -0.3 is 5.32 Å². The first-order chi connectivity index (χ1) is 12.0. The number of aromatic nitrogens is 3. The van der Waals surface area contributed by atoms with Crippen LogP contribution in [-0.4, -0.2) is 35.5 Å². The van der Waals surface area contributed by atoms with E-state index in [1.165, 1.54) is 24.8 Å². The van der Waals surface area contributed by atoms with Crippen molar-refractivity contribution >= 4 is 21.9 Å². The molecule has 1 aromatic heterocycles. The summed E-state index contributed by atoms with van der Waals surface area (Å²) in [5.41, 5.74) is 0.956. The van der Waals surface area contributed by atoms with Gasteiger partial charge in [-0.15, -0.1) is 9.78 Å². The Morgan fingerprint density at radius 3 is 2.52 bits per heavy atom. The minimum absolute atomic E-state index is 0.00823. The van der Waals surface area contributed by atoms with Gasteiger partial charge in [0.15, 0.2) is 5.82 Å². The lowest BCUT2D eigenvalue weighted by atomic mass is 9.96. The highest BCUT2D eigenvalue weighted by molar-refractivity contribution is 7.92. The van der Waals surface area contributed by atoms with Crippen LogP contribution in [0.5, 0.6) is 0 Å². The highest BCUT2D eigenvalue weighted by atomic mass is 32.2. The van der Waals surface area contributed by atoms with Gasteiger partial charge in [0.2, 0.25) is 0 Å². The second kappa shape index (κ2) is 7.22. The topological polar surface area (TPSA) is 106 Å². The van der Waals surface area contributed by atoms with Crippen molar-refractivity contribution in [3.05, 3.63) is 36.0 Å². The summed E-state index contributed by atoms with van der Waals surface area (Å²) in [6, 6.07) is 6.04. The largest absolute Gasteiger partial charge is 0.345 e. The Labute approximate surface area is 146 Å². The number of carbonyl (C=O) groups is 1. The Bertz CT molecular complexity index is 839.